The van der Waals surface area contributed by atoms with E-state index in [1.54, 1.807) is 32.0 Å². The minimum absolute atomic E-state index is 0.301. The standard InChI is InChI=1S/C12H15FN2O/c1-9(16-3)12(2,8-14)15-11-7-5-4-6-10(11)13/h4-7,9,15H,1-3H3. The first-order valence-corrected chi connectivity index (χ1v) is 5.00. The first-order chi connectivity index (χ1) is 7.53. The molecule has 1 rings (SSSR count). The van der Waals surface area contributed by atoms with Crippen molar-refractivity contribution >= 4 is 5.69 Å². The van der Waals surface area contributed by atoms with Gasteiger partial charge in [0.25, 0.3) is 0 Å². The van der Waals surface area contributed by atoms with Crippen molar-refractivity contribution in [3.05, 3.63) is 30.1 Å². The summed E-state index contributed by atoms with van der Waals surface area (Å²) in [5.41, 5.74) is -0.660. The molecule has 0 saturated carbocycles. The summed E-state index contributed by atoms with van der Waals surface area (Å²) in [4.78, 5) is 0. The molecule has 0 fully saturated rings. The molecule has 0 radical (unpaired) electrons. The van der Waals surface area contributed by atoms with Crippen LogP contribution in [-0.2, 0) is 4.74 Å². The van der Waals surface area contributed by atoms with Crippen LogP contribution >= 0.6 is 0 Å². The van der Waals surface area contributed by atoms with Crippen LogP contribution in [0.15, 0.2) is 24.3 Å². The molecule has 1 N–H and O–H groups in total. The molecule has 0 spiro atoms. The van der Waals surface area contributed by atoms with E-state index in [1.165, 1.54) is 13.2 Å². The predicted octanol–water partition coefficient (Wildman–Crippen LogP) is 2.55. The van der Waals surface area contributed by atoms with E-state index < -0.39 is 5.54 Å². The molecular formula is C12H15FN2O. The van der Waals surface area contributed by atoms with Gasteiger partial charge in [-0.05, 0) is 26.0 Å². The van der Waals surface area contributed by atoms with Gasteiger partial charge in [0, 0.05) is 7.11 Å². The van der Waals surface area contributed by atoms with Gasteiger partial charge in [-0.3, -0.25) is 0 Å². The van der Waals surface area contributed by atoms with Crippen LogP contribution in [-0.4, -0.2) is 18.8 Å². The van der Waals surface area contributed by atoms with Gasteiger partial charge in [0.1, 0.15) is 11.4 Å². The number of halogens is 1. The maximum absolute atomic E-state index is 13.4. The maximum Gasteiger partial charge on any atom is 0.148 e. The van der Waals surface area contributed by atoms with Crippen LogP contribution in [0.25, 0.3) is 0 Å². The molecule has 1 aromatic carbocycles. The highest BCUT2D eigenvalue weighted by molar-refractivity contribution is 5.49. The van der Waals surface area contributed by atoms with Gasteiger partial charge in [-0.1, -0.05) is 12.1 Å². The fourth-order valence-electron chi connectivity index (χ4n) is 1.30. The number of methoxy groups -OCH3 is 1. The molecule has 86 valence electrons. The molecule has 2 atom stereocenters. The number of benzene rings is 1. The third-order valence-electron chi connectivity index (χ3n) is 2.67. The molecule has 0 bridgehead atoms. The van der Waals surface area contributed by atoms with Gasteiger partial charge >= 0.3 is 0 Å². The number of nitrogens with zero attached hydrogens (tertiary/aromatic N) is 1. The van der Waals surface area contributed by atoms with Gasteiger partial charge in [0.15, 0.2) is 0 Å². The zero-order chi connectivity index (χ0) is 12.2. The Hall–Kier alpha value is -1.60. The van der Waals surface area contributed by atoms with Crippen LogP contribution in [0, 0.1) is 17.1 Å². The van der Waals surface area contributed by atoms with Crippen molar-refractivity contribution in [2.45, 2.75) is 25.5 Å². The van der Waals surface area contributed by atoms with E-state index in [0.717, 1.165) is 0 Å². The van der Waals surface area contributed by atoms with Crippen LogP contribution in [0.5, 0.6) is 0 Å². The lowest BCUT2D eigenvalue weighted by atomic mass is 9.97. The number of hydrogen-bond donors (Lipinski definition) is 1. The first-order valence-electron chi connectivity index (χ1n) is 5.00. The van der Waals surface area contributed by atoms with Crippen LogP contribution in [0.1, 0.15) is 13.8 Å². The van der Waals surface area contributed by atoms with Crippen molar-refractivity contribution in [2.24, 2.45) is 0 Å². The minimum Gasteiger partial charge on any atom is -0.378 e. The van der Waals surface area contributed by atoms with Gasteiger partial charge in [0.05, 0.1) is 17.9 Å². The molecule has 0 amide bonds. The molecule has 0 aliphatic rings. The van der Waals surface area contributed by atoms with Crippen LogP contribution in [0.4, 0.5) is 10.1 Å². The topological polar surface area (TPSA) is 45.0 Å². The van der Waals surface area contributed by atoms with E-state index in [-0.39, 0.29) is 11.9 Å². The molecule has 0 aromatic heterocycles. The Labute approximate surface area is 94.8 Å². The van der Waals surface area contributed by atoms with Gasteiger partial charge < -0.3 is 10.1 Å². The summed E-state index contributed by atoms with van der Waals surface area (Å²) in [6.45, 7) is 3.44. The normalized spacial score (nSPS) is 15.9. The highest BCUT2D eigenvalue weighted by Crippen LogP contribution is 2.22. The highest BCUT2D eigenvalue weighted by Gasteiger charge is 2.31. The van der Waals surface area contributed by atoms with Crippen molar-refractivity contribution in [3.63, 3.8) is 0 Å². The van der Waals surface area contributed by atoms with Crippen LogP contribution < -0.4 is 5.32 Å². The number of ether oxygens (including phenoxy) is 1. The Morgan fingerprint density at radius 2 is 2.12 bits per heavy atom. The van der Waals surface area contributed by atoms with E-state index in [9.17, 15) is 4.39 Å². The zero-order valence-corrected chi connectivity index (χ0v) is 9.62. The van der Waals surface area contributed by atoms with Gasteiger partial charge in [-0.2, -0.15) is 5.26 Å². The molecule has 3 nitrogen and oxygen atoms in total. The molecule has 0 saturated heterocycles. The average molecular weight is 222 g/mol. The fraction of sp³-hybridized carbons (Fsp3) is 0.417. The summed E-state index contributed by atoms with van der Waals surface area (Å²) in [7, 11) is 1.52. The average Bonchev–Trinajstić information content (AvgIpc) is 2.31. The van der Waals surface area contributed by atoms with E-state index in [1.807, 2.05) is 0 Å². The molecule has 2 unspecified atom stereocenters. The quantitative estimate of drug-likeness (QED) is 0.851. The first kappa shape index (κ1) is 12.5. The fourth-order valence-corrected chi connectivity index (χ4v) is 1.30. The highest BCUT2D eigenvalue weighted by atomic mass is 19.1. The summed E-state index contributed by atoms with van der Waals surface area (Å²) in [5, 5.41) is 12.0. The van der Waals surface area contributed by atoms with E-state index in [2.05, 4.69) is 11.4 Å². The Balaban J connectivity index is 2.95. The monoisotopic (exact) mass is 222 g/mol. The van der Waals surface area contributed by atoms with Crippen molar-refractivity contribution in [3.8, 4) is 6.07 Å². The number of nitrogens with one attached hydrogen (secondary N) is 1. The second-order valence-electron chi connectivity index (χ2n) is 3.80. The Morgan fingerprint density at radius 3 is 2.62 bits per heavy atom. The summed E-state index contributed by atoms with van der Waals surface area (Å²) in [6, 6.07) is 8.35. The zero-order valence-electron chi connectivity index (χ0n) is 9.62. The second-order valence-corrected chi connectivity index (χ2v) is 3.80. The molecular weight excluding hydrogens is 207 g/mol. The lowest BCUT2D eigenvalue weighted by Crippen LogP contribution is -2.44. The van der Waals surface area contributed by atoms with E-state index in [4.69, 9.17) is 10.00 Å². The molecule has 16 heavy (non-hydrogen) atoms. The van der Waals surface area contributed by atoms with Gasteiger partial charge in [0.2, 0.25) is 0 Å². The van der Waals surface area contributed by atoms with E-state index in [0.29, 0.717) is 5.69 Å². The number of hydrogen-bond acceptors (Lipinski definition) is 3. The molecule has 4 heteroatoms. The molecule has 0 heterocycles. The third-order valence-corrected chi connectivity index (χ3v) is 2.67. The molecule has 1 aromatic rings. The Morgan fingerprint density at radius 1 is 1.50 bits per heavy atom. The smallest absolute Gasteiger partial charge is 0.148 e. The lowest BCUT2D eigenvalue weighted by molar-refractivity contribution is 0.0852. The summed E-state index contributed by atoms with van der Waals surface area (Å²) < 4.78 is 18.5. The molecule has 0 aliphatic heterocycles. The second kappa shape index (κ2) is 4.95. The minimum atomic E-state index is -0.961. The van der Waals surface area contributed by atoms with Crippen molar-refractivity contribution in [2.75, 3.05) is 12.4 Å². The number of anilines is 1. The Bertz CT molecular complexity index is 402. The number of rotatable bonds is 4. The van der Waals surface area contributed by atoms with Crippen LogP contribution in [0.2, 0.25) is 0 Å². The van der Waals surface area contributed by atoms with E-state index >= 15 is 0 Å². The third kappa shape index (κ3) is 2.50. The SMILES string of the molecule is COC(C)C(C)(C#N)Nc1ccccc1F. The Kier molecular flexibility index (Phi) is 3.86. The predicted molar refractivity (Wildman–Crippen MR) is 60.5 cm³/mol. The van der Waals surface area contributed by atoms with Gasteiger partial charge in [-0.15, -0.1) is 0 Å². The largest absolute Gasteiger partial charge is 0.378 e. The summed E-state index contributed by atoms with van der Waals surface area (Å²) in [6.07, 6.45) is -0.350. The summed E-state index contributed by atoms with van der Waals surface area (Å²) >= 11 is 0. The lowest BCUT2D eigenvalue weighted by Gasteiger charge is -2.29. The summed E-state index contributed by atoms with van der Waals surface area (Å²) in [5.74, 6) is -0.382. The van der Waals surface area contributed by atoms with Crippen molar-refractivity contribution < 1.29 is 9.13 Å². The van der Waals surface area contributed by atoms with Crippen molar-refractivity contribution in [1.29, 1.82) is 5.26 Å². The molecule has 0 aliphatic carbocycles. The number of nitriles is 1. The van der Waals surface area contributed by atoms with Gasteiger partial charge in [-0.25, -0.2) is 4.39 Å². The number of para-hydroxylation sites is 1. The van der Waals surface area contributed by atoms with Crippen LogP contribution in [0.3, 0.4) is 0 Å². The maximum atomic E-state index is 13.4. The van der Waals surface area contributed by atoms with Crippen molar-refractivity contribution in [1.82, 2.24) is 0 Å².